The van der Waals surface area contributed by atoms with Crippen LogP contribution < -0.4 is 21.1 Å². The van der Waals surface area contributed by atoms with E-state index >= 15 is 0 Å². The second-order valence-corrected chi connectivity index (χ2v) is 12.2. The Morgan fingerprint density at radius 1 is 1.00 bits per heavy atom. The third kappa shape index (κ3) is 8.70. The number of amides is 2. The number of nitrogens with two attached hydrogens (primary N) is 1. The highest BCUT2D eigenvalue weighted by Gasteiger charge is 2.15. The number of halogens is 2. The third-order valence-electron chi connectivity index (χ3n) is 6.22. The molecule has 0 radical (unpaired) electrons. The van der Waals surface area contributed by atoms with Crippen LogP contribution in [0.4, 0.5) is 30.9 Å². The smallest absolute Gasteiger partial charge is 0.442 e. The molecule has 44 heavy (non-hydrogen) atoms. The topological polar surface area (TPSA) is 158 Å². The standard InChI is InChI=1S/C30H30F2N6O5S/c1-18(29(33)39)36-22-7-4-19(5-8-22)16-43-30(40)38-44(3,41)17-20-10-11-34-27(12-20)37-28-14-24(25(32)15-35-28)23-9-6-21(31)13-26(23)42-2/h4-15,18,36H,16-17H2,1-3H3,(H2,33,39)(H,34,35,37)/t18-,44-/m0/s1. The van der Waals surface area contributed by atoms with E-state index in [-0.39, 0.29) is 29.5 Å². The molecule has 0 bridgehead atoms. The molecule has 2 atom stereocenters. The van der Waals surface area contributed by atoms with Crippen molar-refractivity contribution in [2.45, 2.75) is 25.3 Å². The lowest BCUT2D eigenvalue weighted by atomic mass is 10.0. The minimum absolute atomic E-state index is 0.0768. The van der Waals surface area contributed by atoms with Crippen LogP contribution in [-0.4, -0.2) is 45.6 Å². The number of nitrogens with one attached hydrogen (secondary N) is 2. The monoisotopic (exact) mass is 624 g/mol. The maximum absolute atomic E-state index is 14.6. The van der Waals surface area contributed by atoms with E-state index in [0.717, 1.165) is 12.3 Å². The number of carbonyl (C=O) groups excluding carboxylic acids is 2. The molecule has 2 heterocycles. The average Bonchev–Trinajstić information content (AvgIpc) is 2.97. The molecule has 0 unspecified atom stereocenters. The Morgan fingerprint density at radius 3 is 2.43 bits per heavy atom. The summed E-state index contributed by atoms with van der Waals surface area (Å²) in [6, 6.07) is 14.7. The van der Waals surface area contributed by atoms with Crippen LogP contribution in [0.2, 0.25) is 0 Å². The fraction of sp³-hybridized carbons (Fsp3) is 0.200. The van der Waals surface area contributed by atoms with Gasteiger partial charge in [0.2, 0.25) is 5.91 Å². The zero-order valence-corrected chi connectivity index (χ0v) is 24.9. The summed E-state index contributed by atoms with van der Waals surface area (Å²) < 4.78 is 55.5. The van der Waals surface area contributed by atoms with Crippen molar-refractivity contribution in [1.29, 1.82) is 0 Å². The first-order valence-corrected chi connectivity index (χ1v) is 15.2. The predicted molar refractivity (Wildman–Crippen MR) is 163 cm³/mol. The van der Waals surface area contributed by atoms with Gasteiger partial charge in [0.15, 0.2) is 0 Å². The second kappa shape index (κ2) is 13.9. The average molecular weight is 625 g/mol. The number of anilines is 3. The van der Waals surface area contributed by atoms with Gasteiger partial charge in [-0.3, -0.25) is 4.79 Å². The lowest BCUT2D eigenvalue weighted by Gasteiger charge is -2.12. The van der Waals surface area contributed by atoms with Gasteiger partial charge in [-0.25, -0.2) is 27.8 Å². The summed E-state index contributed by atoms with van der Waals surface area (Å²) in [6.45, 7) is 1.54. The highest BCUT2D eigenvalue weighted by Crippen LogP contribution is 2.33. The number of aromatic nitrogens is 2. The summed E-state index contributed by atoms with van der Waals surface area (Å²) in [4.78, 5) is 31.8. The van der Waals surface area contributed by atoms with Crippen molar-refractivity contribution < 1.29 is 32.1 Å². The molecule has 4 N–H and O–H groups in total. The molecule has 230 valence electrons. The van der Waals surface area contributed by atoms with Gasteiger partial charge < -0.3 is 25.8 Å². The molecular weight excluding hydrogens is 594 g/mol. The summed E-state index contributed by atoms with van der Waals surface area (Å²) in [5.41, 5.74) is 7.60. The van der Waals surface area contributed by atoms with Crippen molar-refractivity contribution in [1.82, 2.24) is 9.97 Å². The second-order valence-electron chi connectivity index (χ2n) is 9.78. The fourth-order valence-corrected chi connectivity index (χ4v) is 5.28. The number of nitrogens with zero attached hydrogens (tertiary/aromatic N) is 3. The number of benzene rings is 2. The first-order chi connectivity index (χ1) is 20.9. The number of primary amides is 1. The minimum Gasteiger partial charge on any atom is -0.496 e. The number of ether oxygens (including phenoxy) is 2. The van der Waals surface area contributed by atoms with Gasteiger partial charge in [0, 0.05) is 35.3 Å². The molecule has 2 aromatic carbocycles. The third-order valence-corrected chi connectivity index (χ3v) is 7.62. The van der Waals surface area contributed by atoms with E-state index in [4.69, 9.17) is 15.2 Å². The van der Waals surface area contributed by atoms with Crippen LogP contribution in [-0.2, 0) is 31.6 Å². The largest absolute Gasteiger partial charge is 0.496 e. The van der Waals surface area contributed by atoms with Crippen molar-refractivity contribution in [3.8, 4) is 16.9 Å². The van der Waals surface area contributed by atoms with Gasteiger partial charge in [-0.15, -0.1) is 4.36 Å². The van der Waals surface area contributed by atoms with Crippen molar-refractivity contribution in [2.24, 2.45) is 10.1 Å². The molecule has 2 amide bonds. The molecule has 0 aliphatic heterocycles. The number of methoxy groups -OCH3 is 1. The lowest BCUT2D eigenvalue weighted by molar-refractivity contribution is -0.118. The van der Waals surface area contributed by atoms with Crippen LogP contribution in [0.25, 0.3) is 11.1 Å². The number of carbonyl (C=O) groups is 2. The number of rotatable bonds is 11. The Balaban J connectivity index is 1.40. The van der Waals surface area contributed by atoms with Crippen LogP contribution in [0, 0.1) is 11.6 Å². The Labute approximate surface area is 253 Å². The normalized spacial score (nSPS) is 12.8. The molecule has 0 saturated carbocycles. The maximum atomic E-state index is 14.6. The van der Waals surface area contributed by atoms with E-state index in [1.54, 1.807) is 43.3 Å². The molecule has 4 rings (SSSR count). The molecule has 11 nitrogen and oxygen atoms in total. The van der Waals surface area contributed by atoms with Crippen molar-refractivity contribution in [2.75, 3.05) is 24.0 Å². The summed E-state index contributed by atoms with van der Waals surface area (Å²) >= 11 is 0. The summed E-state index contributed by atoms with van der Waals surface area (Å²) in [7, 11) is -1.68. The predicted octanol–water partition coefficient (Wildman–Crippen LogP) is 5.39. The van der Waals surface area contributed by atoms with Crippen molar-refractivity contribution in [3.63, 3.8) is 0 Å². The SMILES string of the molecule is COc1cc(F)ccc1-c1cc(Nc2cc(C[S@](C)(=O)=NC(=O)OCc3ccc(N[C@@H](C)C(N)=O)cc3)ccn2)ncc1F. The molecule has 0 saturated heterocycles. The first kappa shape index (κ1) is 31.8. The number of hydrogen-bond acceptors (Lipinski definition) is 9. The van der Waals surface area contributed by atoms with Crippen LogP contribution in [0.15, 0.2) is 77.4 Å². The van der Waals surface area contributed by atoms with E-state index in [1.807, 2.05) is 0 Å². The molecule has 14 heteroatoms. The van der Waals surface area contributed by atoms with Crippen LogP contribution in [0.1, 0.15) is 18.1 Å². The zero-order valence-electron chi connectivity index (χ0n) is 24.0. The zero-order chi connectivity index (χ0) is 31.9. The molecule has 0 spiro atoms. The van der Waals surface area contributed by atoms with Crippen LogP contribution in [0.5, 0.6) is 5.75 Å². The highest BCUT2D eigenvalue weighted by molar-refractivity contribution is 7.92. The fourth-order valence-electron chi connectivity index (χ4n) is 4.05. The number of hydrogen-bond donors (Lipinski definition) is 3. The Bertz CT molecular complexity index is 1800. The molecule has 2 aromatic heterocycles. The summed E-state index contributed by atoms with van der Waals surface area (Å²) in [5, 5.41) is 5.91. The van der Waals surface area contributed by atoms with Crippen LogP contribution in [0.3, 0.4) is 0 Å². The van der Waals surface area contributed by atoms with Crippen molar-refractivity contribution >= 4 is 39.1 Å². The van der Waals surface area contributed by atoms with Gasteiger partial charge in [-0.2, -0.15) is 0 Å². The lowest BCUT2D eigenvalue weighted by Crippen LogP contribution is -2.32. The van der Waals surface area contributed by atoms with Gasteiger partial charge in [-0.1, -0.05) is 12.1 Å². The molecule has 0 fully saturated rings. The molecule has 0 aliphatic carbocycles. The maximum Gasteiger partial charge on any atom is 0.442 e. The first-order valence-electron chi connectivity index (χ1n) is 13.2. The van der Waals surface area contributed by atoms with Gasteiger partial charge in [-0.05, 0) is 60.5 Å². The number of pyridine rings is 2. The summed E-state index contributed by atoms with van der Waals surface area (Å²) in [6.07, 6.45) is 2.85. The van der Waals surface area contributed by atoms with E-state index in [0.29, 0.717) is 28.2 Å². The summed E-state index contributed by atoms with van der Waals surface area (Å²) in [5.74, 6) is -1.01. The van der Waals surface area contributed by atoms with Gasteiger partial charge in [0.1, 0.15) is 41.7 Å². The van der Waals surface area contributed by atoms with Gasteiger partial charge in [0.25, 0.3) is 0 Å². The molecule has 0 aliphatic rings. The Hall–Kier alpha value is -5.11. The van der Waals surface area contributed by atoms with Crippen LogP contribution >= 0.6 is 0 Å². The molecule has 4 aromatic rings. The Morgan fingerprint density at radius 2 is 1.73 bits per heavy atom. The highest BCUT2D eigenvalue weighted by atomic mass is 32.2. The van der Waals surface area contributed by atoms with Gasteiger partial charge in [0.05, 0.1) is 28.8 Å². The van der Waals surface area contributed by atoms with E-state index in [1.165, 1.54) is 37.8 Å². The minimum atomic E-state index is -3.03. The van der Waals surface area contributed by atoms with E-state index in [9.17, 15) is 22.6 Å². The van der Waals surface area contributed by atoms with Gasteiger partial charge >= 0.3 is 6.09 Å². The Kier molecular flexibility index (Phi) is 10.1. The quantitative estimate of drug-likeness (QED) is 0.199. The van der Waals surface area contributed by atoms with Crippen molar-refractivity contribution in [3.05, 3.63) is 95.8 Å². The van der Waals surface area contributed by atoms with E-state index in [2.05, 4.69) is 25.0 Å². The molecular formula is C30H30F2N6O5S. The van der Waals surface area contributed by atoms with E-state index < -0.39 is 39.4 Å².